The van der Waals surface area contributed by atoms with Gasteiger partial charge in [-0.05, 0) is 55.3 Å². The van der Waals surface area contributed by atoms with Crippen LogP contribution in [-0.2, 0) is 0 Å². The van der Waals surface area contributed by atoms with Crippen LogP contribution >= 0.6 is 11.6 Å². The highest BCUT2D eigenvalue weighted by Gasteiger charge is 2.11. The zero-order valence-electron chi connectivity index (χ0n) is 15.2. The Kier molecular flexibility index (Phi) is 5.57. The highest BCUT2D eigenvalue weighted by Crippen LogP contribution is 2.27. The number of rotatable bonds is 5. The van der Waals surface area contributed by atoms with Crippen molar-refractivity contribution < 1.29 is 9.53 Å². The molecule has 0 saturated carbocycles. The van der Waals surface area contributed by atoms with E-state index in [1.807, 2.05) is 32.0 Å². The Morgan fingerprint density at radius 3 is 2.70 bits per heavy atom. The molecule has 0 radical (unpaired) electrons. The van der Waals surface area contributed by atoms with Gasteiger partial charge < -0.3 is 15.4 Å². The van der Waals surface area contributed by atoms with Crippen LogP contribution in [0.25, 0.3) is 0 Å². The largest absolute Gasteiger partial charge is 0.495 e. The highest BCUT2D eigenvalue weighted by atomic mass is 35.5. The molecule has 3 rings (SSSR count). The SMILES string of the molecule is COc1ccc(NC(=O)c2ccnc(Nc3cccc(C)c3C)n2)cc1Cl. The van der Waals surface area contributed by atoms with Crippen molar-refractivity contribution >= 4 is 34.8 Å². The Balaban J connectivity index is 1.77. The number of methoxy groups -OCH3 is 1. The number of carbonyl (C=O) groups is 1. The number of aromatic nitrogens is 2. The molecule has 2 N–H and O–H groups in total. The van der Waals surface area contributed by atoms with Gasteiger partial charge in [-0.2, -0.15) is 0 Å². The van der Waals surface area contributed by atoms with Crippen molar-refractivity contribution in [2.75, 3.05) is 17.7 Å². The summed E-state index contributed by atoms with van der Waals surface area (Å²) in [6.07, 6.45) is 1.54. The van der Waals surface area contributed by atoms with Crippen LogP contribution in [0.5, 0.6) is 5.75 Å². The van der Waals surface area contributed by atoms with Gasteiger partial charge in [0.1, 0.15) is 11.4 Å². The molecule has 2 aromatic carbocycles. The van der Waals surface area contributed by atoms with E-state index in [4.69, 9.17) is 16.3 Å². The van der Waals surface area contributed by atoms with Gasteiger partial charge in [-0.25, -0.2) is 9.97 Å². The molecule has 0 spiro atoms. The first-order chi connectivity index (χ1) is 13.0. The Morgan fingerprint density at radius 2 is 1.96 bits per heavy atom. The third-order valence-corrected chi connectivity index (χ3v) is 4.44. The summed E-state index contributed by atoms with van der Waals surface area (Å²) in [5.74, 6) is 0.531. The molecule has 0 aliphatic heterocycles. The lowest BCUT2D eigenvalue weighted by Gasteiger charge is -2.11. The number of halogens is 1. The van der Waals surface area contributed by atoms with Gasteiger partial charge in [0.25, 0.3) is 5.91 Å². The second kappa shape index (κ2) is 8.05. The minimum absolute atomic E-state index is 0.241. The van der Waals surface area contributed by atoms with Crippen LogP contribution in [0, 0.1) is 13.8 Å². The Hall–Kier alpha value is -3.12. The van der Waals surface area contributed by atoms with E-state index in [0.29, 0.717) is 22.4 Å². The normalized spacial score (nSPS) is 10.4. The number of anilines is 3. The van der Waals surface area contributed by atoms with Gasteiger partial charge in [0.15, 0.2) is 0 Å². The summed E-state index contributed by atoms with van der Waals surface area (Å²) >= 11 is 6.09. The summed E-state index contributed by atoms with van der Waals surface area (Å²) < 4.78 is 5.11. The molecule has 0 unspecified atom stereocenters. The zero-order chi connectivity index (χ0) is 19.4. The van der Waals surface area contributed by atoms with Crippen LogP contribution in [0.3, 0.4) is 0 Å². The van der Waals surface area contributed by atoms with E-state index in [1.54, 1.807) is 24.3 Å². The molecular formula is C20H19ClN4O2. The van der Waals surface area contributed by atoms with Gasteiger partial charge in [-0.3, -0.25) is 4.79 Å². The van der Waals surface area contributed by atoms with E-state index in [9.17, 15) is 4.79 Å². The van der Waals surface area contributed by atoms with Crippen molar-refractivity contribution in [3.8, 4) is 5.75 Å². The van der Waals surface area contributed by atoms with Crippen LogP contribution in [0.4, 0.5) is 17.3 Å². The van der Waals surface area contributed by atoms with E-state index in [-0.39, 0.29) is 11.6 Å². The first kappa shape index (κ1) is 18.7. The topological polar surface area (TPSA) is 76.1 Å². The van der Waals surface area contributed by atoms with Gasteiger partial charge in [0.05, 0.1) is 12.1 Å². The lowest BCUT2D eigenvalue weighted by Crippen LogP contribution is -2.15. The van der Waals surface area contributed by atoms with Crippen molar-refractivity contribution in [3.63, 3.8) is 0 Å². The van der Waals surface area contributed by atoms with Gasteiger partial charge in [0.2, 0.25) is 5.95 Å². The first-order valence-corrected chi connectivity index (χ1v) is 8.67. The number of aryl methyl sites for hydroxylation is 1. The summed E-state index contributed by atoms with van der Waals surface area (Å²) in [6, 6.07) is 12.5. The number of hydrogen-bond acceptors (Lipinski definition) is 5. The molecule has 138 valence electrons. The van der Waals surface area contributed by atoms with Crippen LogP contribution in [-0.4, -0.2) is 23.0 Å². The number of amides is 1. The number of carbonyl (C=O) groups excluding carboxylic acids is 1. The zero-order valence-corrected chi connectivity index (χ0v) is 16.0. The highest BCUT2D eigenvalue weighted by molar-refractivity contribution is 6.32. The summed E-state index contributed by atoms with van der Waals surface area (Å²) in [4.78, 5) is 21.0. The van der Waals surface area contributed by atoms with E-state index < -0.39 is 0 Å². The van der Waals surface area contributed by atoms with E-state index in [1.165, 1.54) is 13.3 Å². The fourth-order valence-corrected chi connectivity index (χ4v) is 2.75. The molecule has 1 heterocycles. The number of nitrogens with zero attached hydrogens (tertiary/aromatic N) is 2. The molecule has 0 bridgehead atoms. The Labute approximate surface area is 162 Å². The minimum atomic E-state index is -0.359. The van der Waals surface area contributed by atoms with Gasteiger partial charge in [-0.15, -0.1) is 0 Å². The molecule has 7 heteroatoms. The molecule has 1 aromatic heterocycles. The number of nitrogens with one attached hydrogen (secondary N) is 2. The van der Waals surface area contributed by atoms with E-state index in [2.05, 4.69) is 20.6 Å². The lowest BCUT2D eigenvalue weighted by molar-refractivity contribution is 0.102. The monoisotopic (exact) mass is 382 g/mol. The maximum atomic E-state index is 12.5. The predicted octanol–water partition coefficient (Wildman–Crippen LogP) is 4.75. The van der Waals surface area contributed by atoms with Crippen molar-refractivity contribution in [1.82, 2.24) is 9.97 Å². The van der Waals surface area contributed by atoms with Crippen LogP contribution < -0.4 is 15.4 Å². The van der Waals surface area contributed by atoms with Crippen molar-refractivity contribution in [3.05, 3.63) is 70.5 Å². The molecule has 6 nitrogen and oxygen atoms in total. The van der Waals surface area contributed by atoms with Crippen molar-refractivity contribution in [2.24, 2.45) is 0 Å². The van der Waals surface area contributed by atoms with Gasteiger partial charge >= 0.3 is 0 Å². The summed E-state index contributed by atoms with van der Waals surface area (Å²) in [6.45, 7) is 4.05. The molecule has 27 heavy (non-hydrogen) atoms. The molecule has 0 saturated heterocycles. The van der Waals surface area contributed by atoms with Crippen LogP contribution in [0.1, 0.15) is 21.6 Å². The third kappa shape index (κ3) is 4.35. The standard InChI is InChI=1S/C20H19ClN4O2/c1-12-5-4-6-16(13(12)2)24-20-22-10-9-17(25-20)19(26)23-14-7-8-18(27-3)15(21)11-14/h4-11H,1-3H3,(H,23,26)(H,22,24,25). The number of benzene rings is 2. The molecule has 0 aliphatic carbocycles. The summed E-state index contributed by atoms with van der Waals surface area (Å²) in [7, 11) is 1.53. The maximum Gasteiger partial charge on any atom is 0.274 e. The third-order valence-electron chi connectivity index (χ3n) is 4.15. The fraction of sp³-hybridized carbons (Fsp3) is 0.150. The molecule has 0 fully saturated rings. The van der Waals surface area contributed by atoms with Crippen LogP contribution in [0.15, 0.2) is 48.7 Å². The molecule has 1 amide bonds. The quantitative estimate of drug-likeness (QED) is 0.665. The average Bonchev–Trinajstić information content (AvgIpc) is 2.66. The molecule has 0 aliphatic rings. The second-order valence-electron chi connectivity index (χ2n) is 5.94. The van der Waals surface area contributed by atoms with Crippen LogP contribution in [0.2, 0.25) is 5.02 Å². The van der Waals surface area contributed by atoms with Crippen molar-refractivity contribution in [1.29, 1.82) is 0 Å². The van der Waals surface area contributed by atoms with Crippen molar-refractivity contribution in [2.45, 2.75) is 13.8 Å². The molecule has 0 atom stereocenters. The Bertz CT molecular complexity index is 991. The summed E-state index contributed by atoms with van der Waals surface area (Å²) in [5, 5.41) is 6.33. The van der Waals surface area contributed by atoms with Gasteiger partial charge in [0, 0.05) is 17.6 Å². The Morgan fingerprint density at radius 1 is 1.15 bits per heavy atom. The lowest BCUT2D eigenvalue weighted by atomic mass is 10.1. The second-order valence-corrected chi connectivity index (χ2v) is 6.35. The number of ether oxygens (including phenoxy) is 1. The van der Waals surface area contributed by atoms with E-state index >= 15 is 0 Å². The molecular weight excluding hydrogens is 364 g/mol. The minimum Gasteiger partial charge on any atom is -0.495 e. The smallest absolute Gasteiger partial charge is 0.274 e. The molecule has 3 aromatic rings. The fourth-order valence-electron chi connectivity index (χ4n) is 2.49. The summed E-state index contributed by atoms with van der Waals surface area (Å²) in [5.41, 5.74) is 3.95. The first-order valence-electron chi connectivity index (χ1n) is 8.29. The average molecular weight is 383 g/mol. The van der Waals surface area contributed by atoms with E-state index in [0.717, 1.165) is 16.8 Å². The predicted molar refractivity (Wildman–Crippen MR) is 107 cm³/mol. The van der Waals surface area contributed by atoms with Gasteiger partial charge in [-0.1, -0.05) is 23.7 Å². The number of hydrogen-bond donors (Lipinski definition) is 2. The maximum absolute atomic E-state index is 12.5.